The maximum atomic E-state index is 12.8. The number of carbonyl (C=O) groups is 5. The van der Waals surface area contributed by atoms with Crippen LogP contribution in [-0.2, 0) is 24.0 Å². The second kappa shape index (κ2) is 13.9. The molecule has 4 atom stereocenters. The Morgan fingerprint density at radius 2 is 1.16 bits per heavy atom. The lowest BCUT2D eigenvalue weighted by Crippen LogP contribution is -2.57. The van der Waals surface area contributed by atoms with Gasteiger partial charge in [-0.15, -0.1) is 0 Å². The van der Waals surface area contributed by atoms with Crippen molar-refractivity contribution in [3.05, 3.63) is 0 Å². The van der Waals surface area contributed by atoms with E-state index >= 15 is 0 Å². The Kier molecular flexibility index (Phi) is 12.8. The maximum absolute atomic E-state index is 12.8. The Hall–Kier alpha value is -2.34. The van der Waals surface area contributed by atoms with Crippen molar-refractivity contribution in [1.29, 1.82) is 0 Å². The number of nitrogens with one attached hydrogen (secondary N) is 3. The standard InChI is InChI=1S/C19H34N4O7S/c1-9(2)5-12(21-16(26)11(20)8-31)17(27)22-13(6-10(3)4)18(28)23-14(19(29)30)7-15(24)25/h9-14,31H,5-8,20H2,1-4H3,(H,21,26)(H,22,27)(H,23,28)(H,24,25)(H,29,30). The molecule has 0 saturated heterocycles. The van der Waals surface area contributed by atoms with Gasteiger partial charge in [0.2, 0.25) is 17.7 Å². The van der Waals surface area contributed by atoms with Crippen molar-refractivity contribution >= 4 is 42.3 Å². The third-order valence-corrected chi connectivity index (χ3v) is 4.60. The zero-order valence-electron chi connectivity index (χ0n) is 18.3. The van der Waals surface area contributed by atoms with Crippen molar-refractivity contribution in [3.8, 4) is 0 Å². The molecule has 0 fully saturated rings. The fourth-order valence-corrected chi connectivity index (χ4v) is 2.85. The van der Waals surface area contributed by atoms with E-state index in [-0.39, 0.29) is 30.4 Å². The maximum Gasteiger partial charge on any atom is 0.326 e. The summed E-state index contributed by atoms with van der Waals surface area (Å²) in [6, 6.07) is -4.63. The zero-order chi connectivity index (χ0) is 24.3. The molecule has 12 heteroatoms. The Balaban J connectivity index is 5.48. The van der Waals surface area contributed by atoms with Gasteiger partial charge in [0, 0.05) is 5.75 Å². The van der Waals surface area contributed by atoms with Gasteiger partial charge in [-0.3, -0.25) is 19.2 Å². The first kappa shape index (κ1) is 28.7. The topological polar surface area (TPSA) is 188 Å². The van der Waals surface area contributed by atoms with Gasteiger partial charge in [-0.2, -0.15) is 12.6 Å². The molecular formula is C19H34N4O7S. The third-order valence-electron chi connectivity index (χ3n) is 4.21. The Morgan fingerprint density at radius 3 is 1.48 bits per heavy atom. The quantitative estimate of drug-likeness (QED) is 0.166. The molecule has 0 aliphatic rings. The molecule has 0 aromatic carbocycles. The first-order valence-electron chi connectivity index (χ1n) is 10.0. The number of nitrogens with two attached hydrogens (primary N) is 1. The molecule has 4 unspecified atom stereocenters. The fraction of sp³-hybridized carbons (Fsp3) is 0.737. The lowest BCUT2D eigenvalue weighted by molar-refractivity contribution is -0.147. The van der Waals surface area contributed by atoms with Gasteiger partial charge in [-0.05, 0) is 24.7 Å². The minimum Gasteiger partial charge on any atom is -0.481 e. The number of carboxylic acids is 2. The van der Waals surface area contributed by atoms with Gasteiger partial charge < -0.3 is 31.9 Å². The monoisotopic (exact) mass is 462 g/mol. The zero-order valence-corrected chi connectivity index (χ0v) is 19.1. The summed E-state index contributed by atoms with van der Waals surface area (Å²) in [6.07, 6.45) is -0.351. The van der Waals surface area contributed by atoms with Gasteiger partial charge in [0.05, 0.1) is 12.5 Å². The van der Waals surface area contributed by atoms with Crippen LogP contribution in [0.2, 0.25) is 0 Å². The van der Waals surface area contributed by atoms with Crippen LogP contribution in [0, 0.1) is 11.8 Å². The number of amides is 3. The van der Waals surface area contributed by atoms with E-state index in [4.69, 9.17) is 15.9 Å². The molecule has 178 valence electrons. The van der Waals surface area contributed by atoms with Crippen molar-refractivity contribution in [2.75, 3.05) is 5.75 Å². The van der Waals surface area contributed by atoms with Crippen LogP contribution in [0.3, 0.4) is 0 Å². The summed E-state index contributed by atoms with van der Waals surface area (Å²) in [5.74, 6) is -4.83. The number of hydrogen-bond donors (Lipinski definition) is 7. The SMILES string of the molecule is CC(C)CC(NC(=O)C(N)CS)C(=O)NC(CC(C)C)C(=O)NC(CC(=O)O)C(=O)O. The van der Waals surface area contributed by atoms with E-state index in [2.05, 4.69) is 28.6 Å². The van der Waals surface area contributed by atoms with Crippen molar-refractivity contribution < 1.29 is 34.2 Å². The van der Waals surface area contributed by atoms with Crippen molar-refractivity contribution in [3.63, 3.8) is 0 Å². The normalized spacial score (nSPS) is 15.0. The molecular weight excluding hydrogens is 428 g/mol. The number of aliphatic carboxylic acids is 2. The summed E-state index contributed by atoms with van der Waals surface area (Å²) >= 11 is 3.96. The van der Waals surface area contributed by atoms with Crippen LogP contribution in [0.1, 0.15) is 47.0 Å². The van der Waals surface area contributed by atoms with E-state index in [0.29, 0.717) is 0 Å². The molecule has 0 heterocycles. The lowest BCUT2D eigenvalue weighted by atomic mass is 9.99. The van der Waals surface area contributed by atoms with E-state index in [1.54, 1.807) is 13.8 Å². The highest BCUT2D eigenvalue weighted by Crippen LogP contribution is 2.10. The van der Waals surface area contributed by atoms with Crippen LogP contribution >= 0.6 is 12.6 Å². The fourth-order valence-electron chi connectivity index (χ4n) is 2.69. The van der Waals surface area contributed by atoms with Gasteiger partial charge in [0.15, 0.2) is 0 Å². The Labute approximate surface area is 187 Å². The van der Waals surface area contributed by atoms with Crippen LogP contribution in [0.15, 0.2) is 0 Å². The largest absolute Gasteiger partial charge is 0.481 e. The third kappa shape index (κ3) is 11.6. The molecule has 0 saturated carbocycles. The van der Waals surface area contributed by atoms with Crippen molar-refractivity contribution in [2.45, 2.75) is 71.1 Å². The van der Waals surface area contributed by atoms with Crippen molar-refractivity contribution in [2.24, 2.45) is 17.6 Å². The summed E-state index contributed by atoms with van der Waals surface area (Å²) in [7, 11) is 0. The van der Waals surface area contributed by atoms with Gasteiger partial charge in [0.1, 0.15) is 18.1 Å². The summed E-state index contributed by atoms with van der Waals surface area (Å²) in [5.41, 5.74) is 5.65. The predicted molar refractivity (Wildman–Crippen MR) is 116 cm³/mol. The number of carbonyl (C=O) groups excluding carboxylic acids is 3. The number of hydrogen-bond acceptors (Lipinski definition) is 7. The average molecular weight is 463 g/mol. The second-order valence-electron chi connectivity index (χ2n) is 8.17. The summed E-state index contributed by atoms with van der Waals surface area (Å²) in [4.78, 5) is 59.7. The van der Waals surface area contributed by atoms with Crippen LogP contribution in [-0.4, -0.2) is 69.8 Å². The number of rotatable bonds is 14. The highest BCUT2D eigenvalue weighted by molar-refractivity contribution is 7.80. The molecule has 0 aromatic heterocycles. The lowest BCUT2D eigenvalue weighted by Gasteiger charge is -2.26. The summed E-state index contributed by atoms with van der Waals surface area (Å²) in [5, 5.41) is 25.2. The molecule has 0 spiro atoms. The first-order valence-corrected chi connectivity index (χ1v) is 10.6. The Morgan fingerprint density at radius 1 is 0.774 bits per heavy atom. The smallest absolute Gasteiger partial charge is 0.326 e. The minimum atomic E-state index is -1.64. The average Bonchev–Trinajstić information content (AvgIpc) is 2.64. The highest BCUT2D eigenvalue weighted by Gasteiger charge is 2.31. The first-order chi connectivity index (χ1) is 14.3. The molecule has 0 rings (SSSR count). The van der Waals surface area contributed by atoms with Gasteiger partial charge in [-0.1, -0.05) is 27.7 Å². The molecule has 0 bridgehead atoms. The van der Waals surface area contributed by atoms with E-state index < -0.39 is 60.2 Å². The molecule has 31 heavy (non-hydrogen) atoms. The van der Waals surface area contributed by atoms with E-state index in [1.807, 2.05) is 13.8 Å². The molecule has 0 radical (unpaired) electrons. The molecule has 11 nitrogen and oxygen atoms in total. The summed E-state index contributed by atoms with van der Waals surface area (Å²) < 4.78 is 0. The molecule has 0 aromatic rings. The van der Waals surface area contributed by atoms with E-state index in [1.165, 1.54) is 0 Å². The van der Waals surface area contributed by atoms with Crippen LogP contribution in [0.5, 0.6) is 0 Å². The van der Waals surface area contributed by atoms with Gasteiger partial charge >= 0.3 is 11.9 Å². The highest BCUT2D eigenvalue weighted by atomic mass is 32.1. The molecule has 0 aliphatic heterocycles. The molecule has 3 amide bonds. The van der Waals surface area contributed by atoms with Gasteiger partial charge in [-0.25, -0.2) is 4.79 Å². The van der Waals surface area contributed by atoms with Gasteiger partial charge in [0.25, 0.3) is 0 Å². The molecule has 0 aliphatic carbocycles. The van der Waals surface area contributed by atoms with Crippen LogP contribution in [0.25, 0.3) is 0 Å². The van der Waals surface area contributed by atoms with E-state index in [9.17, 15) is 24.0 Å². The minimum absolute atomic E-state index is 0.0348. The van der Waals surface area contributed by atoms with Crippen molar-refractivity contribution in [1.82, 2.24) is 16.0 Å². The molecule has 7 N–H and O–H groups in total. The predicted octanol–water partition coefficient (Wildman–Crippen LogP) is -0.651. The van der Waals surface area contributed by atoms with Crippen LogP contribution < -0.4 is 21.7 Å². The van der Waals surface area contributed by atoms with Crippen LogP contribution in [0.4, 0.5) is 0 Å². The van der Waals surface area contributed by atoms with E-state index in [0.717, 1.165) is 0 Å². The second-order valence-corrected chi connectivity index (χ2v) is 8.53. The summed E-state index contributed by atoms with van der Waals surface area (Å²) in [6.45, 7) is 7.31. The Bertz CT molecular complexity index is 657. The number of carboxylic acid groups (broad SMARTS) is 2. The number of thiol groups is 1.